The molecule has 144 valence electrons. The van der Waals surface area contributed by atoms with E-state index in [-0.39, 0.29) is 31.4 Å². The van der Waals surface area contributed by atoms with Gasteiger partial charge in [0.15, 0.2) is 0 Å². The molecule has 0 atom stereocenters. The maximum atomic E-state index is 12.6. The predicted octanol–water partition coefficient (Wildman–Crippen LogP) is 2.36. The number of anilines is 2. The van der Waals surface area contributed by atoms with Crippen LogP contribution < -0.4 is 20.3 Å². The first kappa shape index (κ1) is 19.2. The van der Waals surface area contributed by atoms with Crippen LogP contribution in [-0.2, 0) is 9.59 Å². The Bertz CT molecular complexity index is 910. The van der Waals surface area contributed by atoms with E-state index in [1.165, 1.54) is 4.90 Å². The van der Waals surface area contributed by atoms with Gasteiger partial charge < -0.3 is 15.4 Å². The van der Waals surface area contributed by atoms with Crippen LogP contribution in [0.2, 0.25) is 0 Å². The van der Waals surface area contributed by atoms with Gasteiger partial charge in [-0.1, -0.05) is 30.3 Å². The summed E-state index contributed by atoms with van der Waals surface area (Å²) in [5, 5.41) is 5.41. The molecule has 1 aliphatic heterocycles. The SMILES string of the molecule is C=CCNC(=O)c1ccccc1NC(=O)CN1C(=O)CCOc2ccccc21. The van der Waals surface area contributed by atoms with Crippen molar-refractivity contribution in [2.45, 2.75) is 6.42 Å². The van der Waals surface area contributed by atoms with Gasteiger partial charge in [0.05, 0.1) is 30.0 Å². The third kappa shape index (κ3) is 4.37. The van der Waals surface area contributed by atoms with Crippen LogP contribution in [0.5, 0.6) is 5.75 Å². The summed E-state index contributed by atoms with van der Waals surface area (Å²) in [6, 6.07) is 13.8. The summed E-state index contributed by atoms with van der Waals surface area (Å²) in [4.78, 5) is 38.8. The van der Waals surface area contributed by atoms with Crippen molar-refractivity contribution in [2.24, 2.45) is 0 Å². The Balaban J connectivity index is 1.77. The van der Waals surface area contributed by atoms with E-state index in [1.807, 2.05) is 6.07 Å². The maximum absolute atomic E-state index is 12.6. The highest BCUT2D eigenvalue weighted by Crippen LogP contribution is 2.30. The van der Waals surface area contributed by atoms with Crippen LogP contribution in [0.25, 0.3) is 0 Å². The number of carbonyl (C=O) groups is 3. The van der Waals surface area contributed by atoms with Gasteiger partial charge in [0, 0.05) is 6.54 Å². The van der Waals surface area contributed by atoms with E-state index in [9.17, 15) is 14.4 Å². The second-order valence-electron chi connectivity index (χ2n) is 6.14. The molecule has 3 rings (SSSR count). The van der Waals surface area contributed by atoms with E-state index in [0.29, 0.717) is 29.2 Å². The van der Waals surface area contributed by atoms with Crippen molar-refractivity contribution >= 4 is 29.1 Å². The molecule has 0 unspecified atom stereocenters. The van der Waals surface area contributed by atoms with Gasteiger partial charge >= 0.3 is 0 Å². The smallest absolute Gasteiger partial charge is 0.253 e. The first-order valence-corrected chi connectivity index (χ1v) is 8.90. The highest BCUT2D eigenvalue weighted by Gasteiger charge is 2.25. The van der Waals surface area contributed by atoms with Crippen LogP contribution in [-0.4, -0.2) is 37.4 Å². The summed E-state index contributed by atoms with van der Waals surface area (Å²) in [7, 11) is 0. The average Bonchev–Trinajstić information content (AvgIpc) is 2.85. The fraction of sp³-hybridized carbons (Fsp3) is 0.190. The molecule has 28 heavy (non-hydrogen) atoms. The number of amides is 3. The zero-order valence-electron chi connectivity index (χ0n) is 15.3. The minimum Gasteiger partial charge on any atom is -0.491 e. The van der Waals surface area contributed by atoms with Crippen LogP contribution in [0.4, 0.5) is 11.4 Å². The largest absolute Gasteiger partial charge is 0.491 e. The lowest BCUT2D eigenvalue weighted by Gasteiger charge is -2.21. The van der Waals surface area contributed by atoms with Crippen molar-refractivity contribution in [1.29, 1.82) is 0 Å². The molecule has 7 nitrogen and oxygen atoms in total. The molecule has 0 saturated carbocycles. The lowest BCUT2D eigenvalue weighted by Crippen LogP contribution is -2.38. The summed E-state index contributed by atoms with van der Waals surface area (Å²) in [5.41, 5.74) is 1.27. The number of hydrogen-bond acceptors (Lipinski definition) is 4. The molecular weight excluding hydrogens is 358 g/mol. The Morgan fingerprint density at radius 3 is 2.71 bits per heavy atom. The number of nitrogens with zero attached hydrogens (tertiary/aromatic N) is 1. The molecule has 0 saturated heterocycles. The van der Waals surface area contributed by atoms with Gasteiger partial charge in [0.25, 0.3) is 5.91 Å². The Kier molecular flexibility index (Phi) is 6.06. The van der Waals surface area contributed by atoms with Crippen molar-refractivity contribution in [3.05, 3.63) is 66.7 Å². The minimum atomic E-state index is -0.408. The first-order valence-electron chi connectivity index (χ1n) is 8.90. The van der Waals surface area contributed by atoms with Crippen LogP contribution in [0.1, 0.15) is 16.8 Å². The summed E-state index contributed by atoms with van der Waals surface area (Å²) >= 11 is 0. The second kappa shape index (κ2) is 8.85. The molecule has 0 aliphatic carbocycles. The van der Waals surface area contributed by atoms with Crippen molar-refractivity contribution in [1.82, 2.24) is 5.32 Å². The maximum Gasteiger partial charge on any atom is 0.253 e. The van der Waals surface area contributed by atoms with Gasteiger partial charge in [-0.25, -0.2) is 0 Å². The topological polar surface area (TPSA) is 87.7 Å². The molecule has 1 aliphatic rings. The Morgan fingerprint density at radius 2 is 1.89 bits per heavy atom. The van der Waals surface area contributed by atoms with Crippen LogP contribution in [0, 0.1) is 0 Å². The predicted molar refractivity (Wildman–Crippen MR) is 107 cm³/mol. The highest BCUT2D eigenvalue weighted by molar-refractivity contribution is 6.07. The Morgan fingerprint density at radius 1 is 1.14 bits per heavy atom. The zero-order chi connectivity index (χ0) is 19.9. The van der Waals surface area contributed by atoms with Crippen molar-refractivity contribution in [2.75, 3.05) is 29.9 Å². The Hall–Kier alpha value is -3.61. The van der Waals surface area contributed by atoms with Gasteiger partial charge in [0.1, 0.15) is 12.3 Å². The molecular formula is C21H21N3O4. The molecule has 0 spiro atoms. The minimum absolute atomic E-state index is 0.179. The quantitative estimate of drug-likeness (QED) is 0.755. The van der Waals surface area contributed by atoms with Crippen molar-refractivity contribution in [3.8, 4) is 5.75 Å². The van der Waals surface area contributed by atoms with Gasteiger partial charge in [-0.15, -0.1) is 6.58 Å². The number of hydrogen-bond donors (Lipinski definition) is 2. The highest BCUT2D eigenvalue weighted by atomic mass is 16.5. The normalized spacial score (nSPS) is 13.0. The number of rotatable bonds is 6. The third-order valence-corrected chi connectivity index (χ3v) is 4.19. The van der Waals surface area contributed by atoms with Gasteiger partial charge in [0.2, 0.25) is 11.8 Å². The fourth-order valence-corrected chi connectivity index (χ4v) is 2.88. The number of nitrogens with one attached hydrogen (secondary N) is 2. The molecule has 7 heteroatoms. The van der Waals surface area contributed by atoms with E-state index in [1.54, 1.807) is 48.5 Å². The number of carbonyl (C=O) groups excluding carboxylic acids is 3. The molecule has 0 bridgehead atoms. The van der Waals surface area contributed by atoms with E-state index < -0.39 is 5.91 Å². The fourth-order valence-electron chi connectivity index (χ4n) is 2.88. The molecule has 2 aromatic carbocycles. The van der Waals surface area contributed by atoms with Crippen molar-refractivity contribution in [3.63, 3.8) is 0 Å². The second-order valence-corrected chi connectivity index (χ2v) is 6.14. The molecule has 2 aromatic rings. The van der Waals surface area contributed by atoms with Crippen LogP contribution in [0.15, 0.2) is 61.2 Å². The van der Waals surface area contributed by atoms with Gasteiger partial charge in [-0.3, -0.25) is 19.3 Å². The number of para-hydroxylation sites is 3. The number of fused-ring (bicyclic) bond motifs is 1. The number of benzene rings is 2. The lowest BCUT2D eigenvalue weighted by atomic mass is 10.1. The zero-order valence-corrected chi connectivity index (χ0v) is 15.3. The summed E-state index contributed by atoms with van der Waals surface area (Å²) in [6.07, 6.45) is 1.76. The van der Waals surface area contributed by atoms with E-state index in [4.69, 9.17) is 4.74 Å². The van der Waals surface area contributed by atoms with Crippen LogP contribution >= 0.6 is 0 Å². The van der Waals surface area contributed by atoms with Gasteiger partial charge in [-0.05, 0) is 24.3 Å². The Labute approximate surface area is 163 Å². The molecule has 1 heterocycles. The van der Waals surface area contributed by atoms with Crippen LogP contribution in [0.3, 0.4) is 0 Å². The van der Waals surface area contributed by atoms with E-state index in [2.05, 4.69) is 17.2 Å². The molecule has 3 amide bonds. The summed E-state index contributed by atoms with van der Waals surface area (Å²) in [6.45, 7) is 3.97. The third-order valence-electron chi connectivity index (χ3n) is 4.19. The summed E-state index contributed by atoms with van der Waals surface area (Å²) < 4.78 is 5.58. The monoisotopic (exact) mass is 379 g/mol. The summed E-state index contributed by atoms with van der Waals surface area (Å²) in [5.74, 6) is -0.364. The van der Waals surface area contributed by atoms with E-state index >= 15 is 0 Å². The number of ether oxygens (including phenoxy) is 1. The molecule has 0 radical (unpaired) electrons. The van der Waals surface area contributed by atoms with E-state index in [0.717, 1.165) is 0 Å². The molecule has 0 fully saturated rings. The lowest BCUT2D eigenvalue weighted by molar-refractivity contribution is -0.121. The molecule has 0 aromatic heterocycles. The molecule has 2 N–H and O–H groups in total. The first-order chi connectivity index (χ1) is 13.6. The van der Waals surface area contributed by atoms with Crippen molar-refractivity contribution < 1.29 is 19.1 Å². The average molecular weight is 379 g/mol. The standard InChI is InChI=1S/C21H21N3O4/c1-2-12-22-21(27)15-7-3-4-8-16(15)23-19(25)14-24-17-9-5-6-10-18(17)28-13-11-20(24)26/h2-10H,1,11-14H2,(H,22,27)(H,23,25). The van der Waals surface area contributed by atoms with Gasteiger partial charge in [-0.2, -0.15) is 0 Å².